The zero-order chi connectivity index (χ0) is 26.9. The number of rotatable bonds is 9. The van der Waals surface area contributed by atoms with Gasteiger partial charge in [-0.3, -0.25) is 19.3 Å². The van der Waals surface area contributed by atoms with Crippen LogP contribution in [0.1, 0.15) is 10.7 Å². The van der Waals surface area contributed by atoms with E-state index in [0.717, 1.165) is 16.2 Å². The zero-order valence-electron chi connectivity index (χ0n) is 19.3. The first kappa shape index (κ1) is 26.8. The molecule has 1 unspecified atom stereocenters. The third kappa shape index (κ3) is 5.55. The summed E-state index contributed by atoms with van der Waals surface area (Å²) in [5, 5.41) is 34.2. The fourth-order valence-electron chi connectivity index (χ4n) is 3.42. The molecule has 2 aromatic rings. The highest BCUT2D eigenvalue weighted by Crippen LogP contribution is 2.41. The van der Waals surface area contributed by atoms with Gasteiger partial charge in [0.05, 0.1) is 6.42 Å². The molecule has 1 fully saturated rings. The number of likely N-dealkylation sites (N-methyl/N-ethyl adjacent to an activating group) is 1. The van der Waals surface area contributed by atoms with Crippen LogP contribution in [0.5, 0.6) is 0 Å². The van der Waals surface area contributed by atoms with Gasteiger partial charge in [0.2, 0.25) is 5.91 Å². The summed E-state index contributed by atoms with van der Waals surface area (Å²) < 4.78 is 0.574. The van der Waals surface area contributed by atoms with E-state index in [4.69, 9.17) is 5.73 Å². The molecule has 4 heterocycles. The molecule has 4 rings (SSSR count). The predicted octanol–water partition coefficient (Wildman–Crippen LogP) is -0.0833. The fourth-order valence-corrected chi connectivity index (χ4v) is 7.34. The van der Waals surface area contributed by atoms with Gasteiger partial charge in [-0.05, 0) is 5.57 Å². The number of carbonyl (C=O) groups excluding carboxylic acids is 3. The second-order valence-corrected chi connectivity index (χ2v) is 12.1. The first-order valence-electron chi connectivity index (χ1n) is 10.4. The highest BCUT2D eigenvalue weighted by molar-refractivity contribution is 8.01. The number of carboxylic acid groups (broad SMARTS) is 1. The number of aliphatic carboxylic acids is 1. The Morgan fingerprint density at radius 3 is 2.73 bits per heavy atom. The third-order valence-corrected chi connectivity index (χ3v) is 9.39. The van der Waals surface area contributed by atoms with Gasteiger partial charge in [0.25, 0.3) is 11.8 Å². The quantitative estimate of drug-likeness (QED) is 0.100. The number of carboxylic acids is 1. The number of carbonyl (C=O) groups is 4. The minimum absolute atomic E-state index is 0.0544. The number of nitrogens with two attached hydrogens (primary N) is 1. The lowest BCUT2D eigenvalue weighted by atomic mass is 10.0. The Morgan fingerprint density at radius 2 is 2.11 bits per heavy atom. The van der Waals surface area contributed by atoms with E-state index in [2.05, 4.69) is 25.7 Å². The van der Waals surface area contributed by atoms with E-state index in [0.29, 0.717) is 20.7 Å². The number of thioether (sulfide) groups is 2. The Hall–Kier alpha value is -3.22. The number of thiazole rings is 1. The number of fused-ring (bicyclic) bond motifs is 1. The molecule has 14 nitrogen and oxygen atoms in total. The lowest BCUT2D eigenvalue weighted by molar-refractivity contribution is -0.150. The average molecular weight is 585 g/mol. The summed E-state index contributed by atoms with van der Waals surface area (Å²) in [6.45, 7) is 0. The SMILES string of the molecule is CN(C)C(=O)Cc1nnc(SCC2=C(C(=O)O)N3C(=O)C(NC(=O)C(=NO)c4csc(N)n4)[C@@H]3SC2)s1. The summed E-state index contributed by atoms with van der Waals surface area (Å²) in [7, 11) is 3.30. The molecule has 0 bridgehead atoms. The molecule has 0 saturated carbocycles. The van der Waals surface area contributed by atoms with Crippen LogP contribution in [0.2, 0.25) is 0 Å². The van der Waals surface area contributed by atoms with Crippen molar-refractivity contribution in [3.8, 4) is 0 Å². The lowest BCUT2D eigenvalue weighted by Crippen LogP contribution is -2.71. The molecule has 1 saturated heterocycles. The van der Waals surface area contributed by atoms with Crippen LogP contribution < -0.4 is 11.1 Å². The molecule has 196 valence electrons. The highest BCUT2D eigenvalue weighted by atomic mass is 32.2. The first-order valence-corrected chi connectivity index (χ1v) is 14.1. The largest absolute Gasteiger partial charge is 0.477 e. The molecule has 37 heavy (non-hydrogen) atoms. The number of aromatic nitrogens is 3. The molecular weight excluding hydrogens is 565 g/mol. The number of hydrogen-bond donors (Lipinski definition) is 4. The van der Waals surface area contributed by atoms with Gasteiger partial charge in [0.15, 0.2) is 15.2 Å². The van der Waals surface area contributed by atoms with E-state index in [1.54, 1.807) is 14.1 Å². The minimum atomic E-state index is -1.26. The Morgan fingerprint density at radius 1 is 1.35 bits per heavy atom. The van der Waals surface area contributed by atoms with Crippen molar-refractivity contribution in [2.75, 3.05) is 31.3 Å². The number of nitrogen functional groups attached to an aromatic ring is 1. The second kappa shape index (κ2) is 11.0. The van der Waals surface area contributed by atoms with Crippen LogP contribution in [0, 0.1) is 0 Å². The van der Waals surface area contributed by atoms with Gasteiger partial charge in [0.1, 0.15) is 27.8 Å². The van der Waals surface area contributed by atoms with E-state index in [1.165, 1.54) is 45.1 Å². The van der Waals surface area contributed by atoms with Gasteiger partial charge in [-0.2, -0.15) is 0 Å². The Labute approximate surface area is 226 Å². The number of oxime groups is 1. The zero-order valence-corrected chi connectivity index (χ0v) is 22.5. The van der Waals surface area contributed by atoms with Crippen molar-refractivity contribution in [3.63, 3.8) is 0 Å². The maximum Gasteiger partial charge on any atom is 0.352 e. The van der Waals surface area contributed by atoms with Crippen LogP contribution in [0.25, 0.3) is 0 Å². The number of nitrogens with one attached hydrogen (secondary N) is 1. The van der Waals surface area contributed by atoms with Crippen molar-refractivity contribution >= 4 is 80.7 Å². The monoisotopic (exact) mass is 584 g/mol. The van der Waals surface area contributed by atoms with Crippen LogP contribution in [-0.4, -0.2) is 102 Å². The van der Waals surface area contributed by atoms with E-state index in [1.807, 2.05) is 0 Å². The van der Waals surface area contributed by atoms with Gasteiger partial charge in [-0.25, -0.2) is 9.78 Å². The summed E-state index contributed by atoms with van der Waals surface area (Å²) in [6.07, 6.45) is 0.125. The Kier molecular flexibility index (Phi) is 8.00. The molecule has 2 aliphatic rings. The fraction of sp³-hybridized carbons (Fsp3) is 0.368. The second-order valence-electron chi connectivity index (χ2n) is 7.85. The maximum atomic E-state index is 12.9. The van der Waals surface area contributed by atoms with Crippen LogP contribution in [0.15, 0.2) is 26.1 Å². The first-order chi connectivity index (χ1) is 17.6. The highest BCUT2D eigenvalue weighted by Gasteiger charge is 2.54. The molecule has 0 spiro atoms. The van der Waals surface area contributed by atoms with Crippen LogP contribution in [0.4, 0.5) is 5.13 Å². The molecule has 0 aromatic carbocycles. The standard InChI is InChI=1S/C19H20N8O6S4/c1-26(2)10(28)3-9-23-24-19(37-9)36-5-7-4-34-16-12(15(30)27(16)13(7)17(31)32)22-14(29)11(25-33)8-6-35-18(20)21-8/h6,12,16,33H,3-5H2,1-2H3,(H2,20,21)(H,22,29)(H,31,32)/t12?,16-/m0/s1. The lowest BCUT2D eigenvalue weighted by Gasteiger charge is -2.49. The van der Waals surface area contributed by atoms with Crippen molar-refractivity contribution in [3.05, 3.63) is 27.4 Å². The Balaban J connectivity index is 1.43. The van der Waals surface area contributed by atoms with E-state index in [9.17, 15) is 29.5 Å². The number of hydrogen-bond acceptors (Lipinski definition) is 14. The van der Waals surface area contributed by atoms with Crippen LogP contribution in [-0.2, 0) is 25.6 Å². The number of β-lactam (4-membered cyclic amide) rings is 1. The molecule has 2 aromatic heterocycles. The van der Waals surface area contributed by atoms with Gasteiger partial charge in [-0.1, -0.05) is 28.3 Å². The normalized spacial score (nSPS) is 19.4. The van der Waals surface area contributed by atoms with E-state index < -0.39 is 34.9 Å². The average Bonchev–Trinajstić information content (AvgIpc) is 3.49. The van der Waals surface area contributed by atoms with Crippen molar-refractivity contribution in [2.24, 2.45) is 5.16 Å². The maximum absolute atomic E-state index is 12.9. The molecule has 2 aliphatic heterocycles. The van der Waals surface area contributed by atoms with Gasteiger partial charge in [0, 0.05) is 31.0 Å². The predicted molar refractivity (Wildman–Crippen MR) is 138 cm³/mol. The molecule has 18 heteroatoms. The number of amides is 3. The van der Waals surface area contributed by atoms with Gasteiger partial charge in [-0.15, -0.1) is 33.3 Å². The van der Waals surface area contributed by atoms with E-state index in [-0.39, 0.29) is 34.6 Å². The van der Waals surface area contributed by atoms with Crippen molar-refractivity contribution in [2.45, 2.75) is 22.2 Å². The molecule has 0 aliphatic carbocycles. The van der Waals surface area contributed by atoms with Crippen molar-refractivity contribution in [1.82, 2.24) is 30.3 Å². The summed E-state index contributed by atoms with van der Waals surface area (Å²) in [6, 6.07) is -1.01. The summed E-state index contributed by atoms with van der Waals surface area (Å²) in [5.41, 5.74) is 5.59. The number of nitrogens with zero attached hydrogens (tertiary/aromatic N) is 6. The third-order valence-electron chi connectivity index (χ3n) is 5.24. The van der Waals surface area contributed by atoms with Crippen LogP contribution in [0.3, 0.4) is 0 Å². The summed E-state index contributed by atoms with van der Waals surface area (Å²) in [4.78, 5) is 55.9. The molecule has 3 amide bonds. The minimum Gasteiger partial charge on any atom is -0.477 e. The summed E-state index contributed by atoms with van der Waals surface area (Å²) >= 11 is 4.87. The van der Waals surface area contributed by atoms with Gasteiger partial charge >= 0.3 is 5.97 Å². The van der Waals surface area contributed by atoms with Crippen molar-refractivity contribution < 1.29 is 29.5 Å². The molecular formula is C19H20N8O6S4. The topological polar surface area (TPSA) is 204 Å². The Bertz CT molecular complexity index is 1320. The number of anilines is 1. The molecule has 2 atom stereocenters. The smallest absolute Gasteiger partial charge is 0.352 e. The molecule has 5 N–H and O–H groups in total. The summed E-state index contributed by atoms with van der Waals surface area (Å²) in [5.74, 6) is -2.24. The van der Waals surface area contributed by atoms with E-state index >= 15 is 0 Å². The molecule has 0 radical (unpaired) electrons. The van der Waals surface area contributed by atoms with Crippen LogP contribution >= 0.6 is 46.2 Å². The van der Waals surface area contributed by atoms with Gasteiger partial charge < -0.3 is 26.3 Å². The van der Waals surface area contributed by atoms with Crippen molar-refractivity contribution in [1.29, 1.82) is 0 Å².